The molecule has 0 bridgehead atoms. The van der Waals surface area contributed by atoms with Crippen molar-refractivity contribution in [3.05, 3.63) is 56.9 Å². The first-order chi connectivity index (χ1) is 9.06. The molecule has 0 aliphatic rings. The van der Waals surface area contributed by atoms with Crippen LogP contribution in [0.3, 0.4) is 0 Å². The molecule has 6 heteroatoms. The standard InChI is InChI=1S/C13H10N2O4/c1-7-2-5-11(19-7)15-12(17)9-6-8(16)3-4-10(9)14-13(15)18/h2-6,16H,1H3,(H,14,18). The van der Waals surface area contributed by atoms with Crippen molar-refractivity contribution in [1.82, 2.24) is 9.55 Å². The molecule has 96 valence electrons. The van der Waals surface area contributed by atoms with Crippen molar-refractivity contribution >= 4 is 10.9 Å². The van der Waals surface area contributed by atoms with Gasteiger partial charge in [0.15, 0.2) is 0 Å². The largest absolute Gasteiger partial charge is 0.508 e. The van der Waals surface area contributed by atoms with Gasteiger partial charge in [0.25, 0.3) is 5.56 Å². The Balaban J connectivity index is 2.43. The Labute approximate surface area is 106 Å². The molecule has 1 aromatic carbocycles. The zero-order chi connectivity index (χ0) is 13.6. The van der Waals surface area contributed by atoms with E-state index in [1.165, 1.54) is 18.2 Å². The lowest BCUT2D eigenvalue weighted by atomic mass is 10.2. The number of aromatic nitrogens is 2. The summed E-state index contributed by atoms with van der Waals surface area (Å²) in [7, 11) is 0. The average Bonchev–Trinajstić information content (AvgIpc) is 2.77. The molecule has 0 atom stereocenters. The normalized spacial score (nSPS) is 11.0. The number of aryl methyl sites for hydroxylation is 1. The molecular formula is C13H10N2O4. The van der Waals surface area contributed by atoms with Crippen LogP contribution < -0.4 is 11.2 Å². The third-order valence-electron chi connectivity index (χ3n) is 2.83. The van der Waals surface area contributed by atoms with Crippen LogP contribution in [0.4, 0.5) is 0 Å². The summed E-state index contributed by atoms with van der Waals surface area (Å²) in [6, 6.07) is 7.39. The summed E-state index contributed by atoms with van der Waals surface area (Å²) in [5, 5.41) is 9.64. The van der Waals surface area contributed by atoms with Gasteiger partial charge >= 0.3 is 5.69 Å². The van der Waals surface area contributed by atoms with Crippen molar-refractivity contribution in [3.8, 4) is 11.6 Å². The van der Waals surface area contributed by atoms with Crippen LogP contribution in [-0.4, -0.2) is 14.7 Å². The van der Waals surface area contributed by atoms with Gasteiger partial charge in [-0.05, 0) is 31.2 Å². The van der Waals surface area contributed by atoms with Gasteiger partial charge in [-0.1, -0.05) is 0 Å². The van der Waals surface area contributed by atoms with Gasteiger partial charge < -0.3 is 14.5 Å². The van der Waals surface area contributed by atoms with Gasteiger partial charge in [0.1, 0.15) is 11.5 Å². The number of furan rings is 1. The lowest BCUT2D eigenvalue weighted by molar-refractivity contribution is 0.475. The number of hydrogen-bond acceptors (Lipinski definition) is 4. The number of phenols is 1. The Morgan fingerprint density at radius 1 is 1.21 bits per heavy atom. The van der Waals surface area contributed by atoms with Gasteiger partial charge in [0.05, 0.1) is 10.9 Å². The maximum absolute atomic E-state index is 12.3. The Morgan fingerprint density at radius 2 is 2.00 bits per heavy atom. The molecule has 3 rings (SSSR count). The SMILES string of the molecule is Cc1ccc(-n2c(=O)[nH]c3ccc(O)cc3c2=O)o1. The molecule has 0 aliphatic heterocycles. The van der Waals surface area contributed by atoms with Gasteiger partial charge in [0, 0.05) is 6.07 Å². The van der Waals surface area contributed by atoms with Crippen molar-refractivity contribution in [1.29, 1.82) is 0 Å². The Bertz CT molecular complexity index is 886. The number of nitrogens with one attached hydrogen (secondary N) is 1. The average molecular weight is 258 g/mol. The predicted molar refractivity (Wildman–Crippen MR) is 68.8 cm³/mol. The third kappa shape index (κ3) is 1.74. The van der Waals surface area contributed by atoms with E-state index in [0.29, 0.717) is 11.3 Å². The number of nitrogens with zero attached hydrogens (tertiary/aromatic N) is 1. The zero-order valence-electron chi connectivity index (χ0n) is 10.0. The first-order valence-electron chi connectivity index (χ1n) is 5.61. The van der Waals surface area contributed by atoms with E-state index in [4.69, 9.17) is 4.42 Å². The van der Waals surface area contributed by atoms with Crippen molar-refractivity contribution in [2.24, 2.45) is 0 Å². The molecular weight excluding hydrogens is 248 g/mol. The lowest BCUT2D eigenvalue weighted by Crippen LogP contribution is -2.33. The summed E-state index contributed by atoms with van der Waals surface area (Å²) < 4.78 is 6.19. The topological polar surface area (TPSA) is 88.2 Å². The van der Waals surface area contributed by atoms with Gasteiger partial charge in [-0.2, -0.15) is 4.57 Å². The number of phenolic OH excluding ortho intramolecular Hbond substituents is 1. The van der Waals surface area contributed by atoms with Crippen LogP contribution in [0, 0.1) is 6.92 Å². The smallest absolute Gasteiger partial charge is 0.335 e. The molecule has 3 aromatic rings. The molecule has 0 unspecified atom stereocenters. The van der Waals surface area contributed by atoms with E-state index >= 15 is 0 Å². The monoisotopic (exact) mass is 258 g/mol. The molecule has 2 aromatic heterocycles. The molecule has 0 spiro atoms. The molecule has 0 amide bonds. The highest BCUT2D eigenvalue weighted by molar-refractivity contribution is 5.79. The highest BCUT2D eigenvalue weighted by Gasteiger charge is 2.12. The molecule has 19 heavy (non-hydrogen) atoms. The summed E-state index contributed by atoms with van der Waals surface area (Å²) in [4.78, 5) is 26.8. The van der Waals surface area contributed by atoms with Crippen LogP contribution in [0.1, 0.15) is 5.76 Å². The molecule has 0 saturated heterocycles. The van der Waals surface area contributed by atoms with E-state index in [1.807, 2.05) is 0 Å². The number of H-pyrrole nitrogens is 1. The minimum atomic E-state index is -0.586. The van der Waals surface area contributed by atoms with Gasteiger partial charge in [0.2, 0.25) is 5.88 Å². The second-order valence-electron chi connectivity index (χ2n) is 4.18. The Morgan fingerprint density at radius 3 is 2.68 bits per heavy atom. The van der Waals surface area contributed by atoms with Gasteiger partial charge in [-0.15, -0.1) is 0 Å². The quantitative estimate of drug-likeness (QED) is 0.688. The maximum Gasteiger partial charge on any atom is 0.335 e. The fourth-order valence-corrected chi connectivity index (χ4v) is 1.94. The number of fused-ring (bicyclic) bond motifs is 1. The van der Waals surface area contributed by atoms with Crippen LogP contribution >= 0.6 is 0 Å². The minimum absolute atomic E-state index is 0.0428. The summed E-state index contributed by atoms with van der Waals surface area (Å²) >= 11 is 0. The van der Waals surface area contributed by atoms with E-state index in [-0.39, 0.29) is 17.0 Å². The van der Waals surface area contributed by atoms with E-state index < -0.39 is 11.2 Å². The van der Waals surface area contributed by atoms with Crippen LogP contribution in [0.5, 0.6) is 5.75 Å². The number of rotatable bonds is 1. The lowest BCUT2D eigenvalue weighted by Gasteiger charge is -2.03. The summed E-state index contributed by atoms with van der Waals surface area (Å²) in [6.45, 7) is 1.72. The van der Waals surface area contributed by atoms with E-state index in [1.54, 1.807) is 19.1 Å². The highest BCUT2D eigenvalue weighted by atomic mass is 16.4. The first kappa shape index (κ1) is 11.3. The van der Waals surface area contributed by atoms with Gasteiger partial charge in [-0.3, -0.25) is 4.79 Å². The van der Waals surface area contributed by atoms with Crippen LogP contribution in [0.2, 0.25) is 0 Å². The van der Waals surface area contributed by atoms with Crippen molar-refractivity contribution in [2.45, 2.75) is 6.92 Å². The number of aromatic amines is 1. The van der Waals surface area contributed by atoms with E-state index in [0.717, 1.165) is 4.57 Å². The van der Waals surface area contributed by atoms with E-state index in [9.17, 15) is 14.7 Å². The minimum Gasteiger partial charge on any atom is -0.508 e. The Kier molecular flexibility index (Phi) is 2.31. The Hall–Kier alpha value is -2.76. The maximum atomic E-state index is 12.3. The molecule has 0 radical (unpaired) electrons. The van der Waals surface area contributed by atoms with Crippen molar-refractivity contribution < 1.29 is 9.52 Å². The second-order valence-corrected chi connectivity index (χ2v) is 4.18. The highest BCUT2D eigenvalue weighted by Crippen LogP contribution is 2.15. The van der Waals surface area contributed by atoms with Gasteiger partial charge in [-0.25, -0.2) is 4.79 Å². The molecule has 0 aliphatic carbocycles. The first-order valence-corrected chi connectivity index (χ1v) is 5.61. The fourth-order valence-electron chi connectivity index (χ4n) is 1.94. The van der Waals surface area contributed by atoms with Crippen LogP contribution in [-0.2, 0) is 0 Å². The molecule has 6 nitrogen and oxygen atoms in total. The third-order valence-corrected chi connectivity index (χ3v) is 2.83. The number of benzene rings is 1. The summed E-state index contributed by atoms with van der Waals surface area (Å²) in [5.74, 6) is 0.699. The molecule has 2 N–H and O–H groups in total. The number of hydrogen-bond donors (Lipinski definition) is 2. The zero-order valence-corrected chi connectivity index (χ0v) is 10.0. The molecule has 2 heterocycles. The molecule has 0 fully saturated rings. The van der Waals surface area contributed by atoms with Crippen LogP contribution in [0.25, 0.3) is 16.8 Å². The van der Waals surface area contributed by atoms with Crippen molar-refractivity contribution in [3.63, 3.8) is 0 Å². The number of aromatic hydroxyl groups is 1. The summed E-state index contributed by atoms with van der Waals surface area (Å²) in [5.41, 5.74) is -0.756. The van der Waals surface area contributed by atoms with Crippen molar-refractivity contribution in [2.75, 3.05) is 0 Å². The van der Waals surface area contributed by atoms with Crippen LogP contribution in [0.15, 0.2) is 44.3 Å². The van der Waals surface area contributed by atoms with E-state index in [2.05, 4.69) is 4.98 Å². The fraction of sp³-hybridized carbons (Fsp3) is 0.0769. The second kappa shape index (κ2) is 3.88. The predicted octanol–water partition coefficient (Wildman–Crippen LogP) is 1.29. The molecule has 0 saturated carbocycles. The summed E-state index contributed by atoms with van der Waals surface area (Å²) in [6.07, 6.45) is 0.